The molecule has 0 aliphatic carbocycles. The Bertz CT molecular complexity index is 867. The molecule has 1 amide bonds. The Morgan fingerprint density at radius 3 is 2.52 bits per heavy atom. The van der Waals surface area contributed by atoms with Gasteiger partial charge in [-0.15, -0.1) is 0 Å². The van der Waals surface area contributed by atoms with Crippen molar-refractivity contribution in [2.24, 2.45) is 0 Å². The molecule has 29 heavy (non-hydrogen) atoms. The van der Waals surface area contributed by atoms with E-state index >= 15 is 0 Å². The molecule has 0 aromatic heterocycles. The van der Waals surface area contributed by atoms with Crippen LogP contribution in [-0.4, -0.2) is 45.5 Å². The van der Waals surface area contributed by atoms with Crippen molar-refractivity contribution in [3.05, 3.63) is 40.3 Å². The minimum Gasteiger partial charge on any atom is -0.496 e. The standard InChI is InChI=1S/C18H22ClF3N2O4S/c1-3-29(26,27)23-13-6-8-24(9-7-13)17(25)5-4-12-10-14(18(20,21)22)15(19)11-16(12)28-2/h3,10-11,13,23H,1,4-9H2,2H3. The highest BCUT2D eigenvalue weighted by molar-refractivity contribution is 7.92. The molecule has 6 nitrogen and oxygen atoms in total. The smallest absolute Gasteiger partial charge is 0.417 e. The van der Waals surface area contributed by atoms with Gasteiger partial charge in [0.25, 0.3) is 0 Å². The molecule has 0 atom stereocenters. The van der Waals surface area contributed by atoms with Crippen LogP contribution in [0.4, 0.5) is 13.2 Å². The average molecular weight is 455 g/mol. The number of carbonyl (C=O) groups is 1. The maximum Gasteiger partial charge on any atom is 0.417 e. The predicted octanol–water partition coefficient (Wildman–Crippen LogP) is 3.35. The van der Waals surface area contributed by atoms with Crippen LogP contribution in [0.2, 0.25) is 5.02 Å². The van der Waals surface area contributed by atoms with Crippen LogP contribution >= 0.6 is 11.6 Å². The van der Waals surface area contributed by atoms with Gasteiger partial charge in [-0.25, -0.2) is 13.1 Å². The first-order valence-electron chi connectivity index (χ1n) is 8.83. The summed E-state index contributed by atoms with van der Waals surface area (Å²) in [4.78, 5) is 14.0. The summed E-state index contributed by atoms with van der Waals surface area (Å²) in [5, 5.41) is 0.368. The van der Waals surface area contributed by atoms with Crippen LogP contribution in [0.15, 0.2) is 24.1 Å². The molecule has 2 rings (SSSR count). The predicted molar refractivity (Wildman–Crippen MR) is 103 cm³/mol. The molecule has 1 aliphatic rings. The second-order valence-corrected chi connectivity index (χ2v) is 8.69. The Morgan fingerprint density at radius 1 is 1.38 bits per heavy atom. The zero-order valence-corrected chi connectivity index (χ0v) is 17.3. The number of ether oxygens (including phenoxy) is 1. The lowest BCUT2D eigenvalue weighted by molar-refractivity contribution is -0.137. The molecule has 11 heteroatoms. The van der Waals surface area contributed by atoms with Crippen molar-refractivity contribution in [2.75, 3.05) is 20.2 Å². The number of nitrogens with zero attached hydrogens (tertiary/aromatic N) is 1. The maximum absolute atomic E-state index is 13.1. The molecule has 1 aliphatic heterocycles. The summed E-state index contributed by atoms with van der Waals surface area (Å²) < 4.78 is 69.8. The number of piperidine rings is 1. The second kappa shape index (κ2) is 9.36. The average Bonchev–Trinajstić information content (AvgIpc) is 2.65. The summed E-state index contributed by atoms with van der Waals surface area (Å²) >= 11 is 5.69. The van der Waals surface area contributed by atoms with Gasteiger partial charge in [0.05, 0.1) is 17.7 Å². The van der Waals surface area contributed by atoms with Crippen LogP contribution in [0.3, 0.4) is 0 Å². The van der Waals surface area contributed by atoms with E-state index in [1.54, 1.807) is 4.90 Å². The van der Waals surface area contributed by atoms with Crippen LogP contribution in [0, 0.1) is 0 Å². The van der Waals surface area contributed by atoms with E-state index in [1.165, 1.54) is 7.11 Å². The van der Waals surface area contributed by atoms with Crippen LogP contribution in [-0.2, 0) is 27.4 Å². The third kappa shape index (κ3) is 6.35. The number of hydrogen-bond donors (Lipinski definition) is 1. The van der Waals surface area contributed by atoms with Crippen molar-refractivity contribution in [1.29, 1.82) is 0 Å². The van der Waals surface area contributed by atoms with E-state index in [-0.39, 0.29) is 36.1 Å². The molecule has 1 N–H and O–H groups in total. The van der Waals surface area contributed by atoms with Gasteiger partial charge in [-0.05, 0) is 37.0 Å². The number of likely N-dealkylation sites (tertiary alicyclic amines) is 1. The fourth-order valence-electron chi connectivity index (χ4n) is 3.13. The Morgan fingerprint density at radius 2 is 2.00 bits per heavy atom. The van der Waals surface area contributed by atoms with Crippen molar-refractivity contribution in [2.45, 2.75) is 37.9 Å². The van der Waals surface area contributed by atoms with E-state index in [0.717, 1.165) is 17.5 Å². The third-order valence-corrected chi connectivity index (χ3v) is 6.10. The maximum atomic E-state index is 13.1. The van der Waals surface area contributed by atoms with Crippen molar-refractivity contribution in [1.82, 2.24) is 9.62 Å². The molecular weight excluding hydrogens is 433 g/mol. The number of nitrogens with one attached hydrogen (secondary N) is 1. The Hall–Kier alpha value is -1.78. The first-order chi connectivity index (χ1) is 13.5. The van der Waals surface area contributed by atoms with E-state index in [1.807, 2.05) is 0 Å². The van der Waals surface area contributed by atoms with Crippen LogP contribution in [0.1, 0.15) is 30.4 Å². The number of amides is 1. The largest absolute Gasteiger partial charge is 0.496 e. The summed E-state index contributed by atoms with van der Waals surface area (Å²) in [6.45, 7) is 3.94. The highest BCUT2D eigenvalue weighted by Gasteiger charge is 2.34. The van der Waals surface area contributed by atoms with E-state index in [0.29, 0.717) is 25.9 Å². The summed E-state index contributed by atoms with van der Waals surface area (Å²) in [6.07, 6.45) is -3.66. The number of aryl methyl sites for hydroxylation is 1. The zero-order valence-electron chi connectivity index (χ0n) is 15.8. The Labute approximate surface area is 172 Å². The fraction of sp³-hybridized carbons (Fsp3) is 0.500. The number of sulfonamides is 1. The topological polar surface area (TPSA) is 75.7 Å². The first kappa shape index (κ1) is 23.5. The van der Waals surface area contributed by atoms with Gasteiger partial charge in [-0.3, -0.25) is 4.79 Å². The van der Waals surface area contributed by atoms with Crippen LogP contribution in [0.25, 0.3) is 0 Å². The van der Waals surface area contributed by atoms with Crippen molar-refractivity contribution in [3.63, 3.8) is 0 Å². The van der Waals surface area contributed by atoms with E-state index in [2.05, 4.69) is 11.3 Å². The molecular formula is C18H22ClF3N2O4S. The number of benzene rings is 1. The van der Waals surface area contributed by atoms with Crippen molar-refractivity contribution in [3.8, 4) is 5.75 Å². The molecule has 1 saturated heterocycles. The molecule has 0 radical (unpaired) electrons. The number of hydrogen-bond acceptors (Lipinski definition) is 4. The molecule has 1 heterocycles. The number of alkyl halides is 3. The van der Waals surface area contributed by atoms with Gasteiger partial charge in [0.1, 0.15) is 5.75 Å². The van der Waals surface area contributed by atoms with Crippen molar-refractivity contribution >= 4 is 27.5 Å². The third-order valence-electron chi connectivity index (χ3n) is 4.68. The Kier molecular flexibility index (Phi) is 7.58. The van der Waals surface area contributed by atoms with Crippen molar-refractivity contribution < 1.29 is 31.1 Å². The van der Waals surface area contributed by atoms with Gasteiger partial charge in [-0.2, -0.15) is 13.2 Å². The number of carbonyl (C=O) groups excluding carboxylic acids is 1. The SMILES string of the molecule is C=CS(=O)(=O)NC1CCN(C(=O)CCc2cc(C(F)(F)F)c(Cl)cc2OC)CC1. The highest BCUT2D eigenvalue weighted by Crippen LogP contribution is 2.38. The van der Waals surface area contributed by atoms with E-state index in [9.17, 15) is 26.4 Å². The minimum absolute atomic E-state index is 0.00165. The highest BCUT2D eigenvalue weighted by atomic mass is 35.5. The lowest BCUT2D eigenvalue weighted by Crippen LogP contribution is -2.46. The second-order valence-electron chi connectivity index (χ2n) is 6.63. The minimum atomic E-state index is -4.61. The summed E-state index contributed by atoms with van der Waals surface area (Å²) in [5.41, 5.74) is -0.732. The van der Waals surface area contributed by atoms with Gasteiger partial charge in [0.2, 0.25) is 15.9 Å². The molecule has 1 aromatic carbocycles. The fourth-order valence-corrected chi connectivity index (χ4v) is 4.19. The lowest BCUT2D eigenvalue weighted by atomic mass is 10.0. The van der Waals surface area contributed by atoms with Crippen LogP contribution < -0.4 is 9.46 Å². The lowest BCUT2D eigenvalue weighted by Gasteiger charge is -2.32. The molecule has 0 saturated carbocycles. The van der Waals surface area contributed by atoms with Gasteiger partial charge in [0, 0.05) is 31.0 Å². The Balaban J connectivity index is 1.98. The number of methoxy groups -OCH3 is 1. The quantitative estimate of drug-likeness (QED) is 0.685. The normalized spacial score (nSPS) is 16.0. The molecule has 0 spiro atoms. The van der Waals surface area contributed by atoms with E-state index in [4.69, 9.17) is 16.3 Å². The van der Waals surface area contributed by atoms with E-state index < -0.39 is 26.8 Å². The van der Waals surface area contributed by atoms with Gasteiger partial charge < -0.3 is 9.64 Å². The monoisotopic (exact) mass is 454 g/mol. The van der Waals surface area contributed by atoms with Gasteiger partial charge in [-0.1, -0.05) is 18.2 Å². The van der Waals surface area contributed by atoms with Crippen LogP contribution in [0.5, 0.6) is 5.75 Å². The molecule has 0 bridgehead atoms. The zero-order chi connectivity index (χ0) is 21.8. The van der Waals surface area contributed by atoms with Gasteiger partial charge >= 0.3 is 6.18 Å². The molecule has 1 aromatic rings. The molecule has 162 valence electrons. The van der Waals surface area contributed by atoms with Gasteiger partial charge in [0.15, 0.2) is 0 Å². The summed E-state index contributed by atoms with van der Waals surface area (Å²) in [5.74, 6) is -0.0334. The summed E-state index contributed by atoms with van der Waals surface area (Å²) in [7, 11) is -2.22. The first-order valence-corrected chi connectivity index (χ1v) is 10.8. The molecule has 1 fully saturated rings. The number of rotatable bonds is 7. The summed E-state index contributed by atoms with van der Waals surface area (Å²) in [6, 6.07) is 1.72. The molecule has 0 unspecified atom stereocenters. The number of halogens is 4.